The zero-order valence-electron chi connectivity index (χ0n) is 7.85. The summed E-state index contributed by atoms with van der Waals surface area (Å²) in [5.74, 6) is 0.490. The fourth-order valence-corrected chi connectivity index (χ4v) is 1.57. The summed E-state index contributed by atoms with van der Waals surface area (Å²) in [4.78, 5) is 0. The second-order valence-electron chi connectivity index (χ2n) is 3.36. The molecule has 0 saturated heterocycles. The van der Waals surface area contributed by atoms with Gasteiger partial charge in [0.1, 0.15) is 5.76 Å². The van der Waals surface area contributed by atoms with E-state index >= 15 is 0 Å². The van der Waals surface area contributed by atoms with E-state index in [0.717, 1.165) is 36.0 Å². The zero-order chi connectivity index (χ0) is 9.14. The van der Waals surface area contributed by atoms with Crippen molar-refractivity contribution in [3.05, 3.63) is 35.1 Å². The first kappa shape index (κ1) is 9.11. The third-order valence-corrected chi connectivity index (χ3v) is 2.12. The van der Waals surface area contributed by atoms with Gasteiger partial charge in [-0.05, 0) is 30.9 Å². The molecule has 1 rings (SSSR count). The summed E-state index contributed by atoms with van der Waals surface area (Å²) in [5.41, 5.74) is 3.20. The van der Waals surface area contributed by atoms with Crippen molar-refractivity contribution in [1.29, 1.82) is 0 Å². The van der Waals surface area contributed by atoms with Gasteiger partial charge >= 0.3 is 0 Å². The summed E-state index contributed by atoms with van der Waals surface area (Å²) in [5, 5.41) is 9.66. The monoisotopic (exact) mass is 164 g/mol. The lowest BCUT2D eigenvalue weighted by atomic mass is 9.92. The van der Waals surface area contributed by atoms with Crippen LogP contribution in [0.25, 0.3) is 0 Å². The summed E-state index contributed by atoms with van der Waals surface area (Å²) in [6.45, 7) is 7.96. The molecule has 0 bridgehead atoms. The Bertz CT molecular complexity index is 256. The normalized spacial score (nSPS) is 18.2. The van der Waals surface area contributed by atoms with Gasteiger partial charge < -0.3 is 5.11 Å². The minimum atomic E-state index is 0.490. The molecule has 0 fully saturated rings. The maximum Gasteiger partial charge on any atom is 0.118 e. The molecule has 0 unspecified atom stereocenters. The first-order valence-corrected chi connectivity index (χ1v) is 4.42. The highest BCUT2D eigenvalue weighted by atomic mass is 16.3. The molecule has 0 spiro atoms. The van der Waals surface area contributed by atoms with Gasteiger partial charge in [0.15, 0.2) is 0 Å². The van der Waals surface area contributed by atoms with E-state index in [9.17, 15) is 5.11 Å². The highest BCUT2D eigenvalue weighted by molar-refractivity contribution is 5.41. The average Bonchev–Trinajstić information content (AvgIpc) is 2.00. The molecular formula is C11H16O. The average molecular weight is 164 g/mol. The van der Waals surface area contributed by atoms with E-state index in [-0.39, 0.29) is 0 Å². The highest BCUT2D eigenvalue weighted by Gasteiger charge is 2.12. The van der Waals surface area contributed by atoms with Crippen LogP contribution < -0.4 is 0 Å². The van der Waals surface area contributed by atoms with Crippen LogP contribution in [-0.4, -0.2) is 5.11 Å². The van der Waals surface area contributed by atoms with Gasteiger partial charge in [-0.25, -0.2) is 0 Å². The number of rotatable bonds is 2. The molecule has 0 aromatic carbocycles. The van der Waals surface area contributed by atoms with Crippen LogP contribution in [0.15, 0.2) is 35.1 Å². The zero-order valence-corrected chi connectivity index (χ0v) is 7.85. The minimum absolute atomic E-state index is 0.490. The van der Waals surface area contributed by atoms with Crippen LogP contribution >= 0.6 is 0 Å². The number of hydrogen-bond donors (Lipinski definition) is 1. The van der Waals surface area contributed by atoms with Crippen LogP contribution in [0.2, 0.25) is 0 Å². The summed E-state index contributed by atoms with van der Waals surface area (Å²) >= 11 is 0. The number of aliphatic hydroxyl groups is 1. The largest absolute Gasteiger partial charge is 0.508 e. The van der Waals surface area contributed by atoms with Gasteiger partial charge in [0.05, 0.1) is 0 Å². The van der Waals surface area contributed by atoms with Crippen molar-refractivity contribution in [2.75, 3.05) is 0 Å². The van der Waals surface area contributed by atoms with Crippen molar-refractivity contribution < 1.29 is 5.11 Å². The van der Waals surface area contributed by atoms with Crippen molar-refractivity contribution in [3.8, 4) is 0 Å². The summed E-state index contributed by atoms with van der Waals surface area (Å²) < 4.78 is 0. The summed E-state index contributed by atoms with van der Waals surface area (Å²) in [6.07, 6.45) is 4.86. The first-order valence-electron chi connectivity index (χ1n) is 4.42. The van der Waals surface area contributed by atoms with Gasteiger partial charge in [-0.3, -0.25) is 0 Å². The van der Waals surface area contributed by atoms with E-state index in [4.69, 9.17) is 0 Å². The summed E-state index contributed by atoms with van der Waals surface area (Å²) in [7, 11) is 0. The molecule has 0 aromatic heterocycles. The molecule has 1 aliphatic rings. The molecule has 1 heteroatoms. The van der Waals surface area contributed by atoms with Crippen LogP contribution in [-0.2, 0) is 0 Å². The molecule has 1 aliphatic carbocycles. The van der Waals surface area contributed by atoms with Gasteiger partial charge in [-0.2, -0.15) is 0 Å². The smallest absolute Gasteiger partial charge is 0.118 e. The van der Waals surface area contributed by atoms with Crippen LogP contribution in [0, 0.1) is 0 Å². The highest BCUT2D eigenvalue weighted by Crippen LogP contribution is 2.28. The molecule has 1 nitrogen and oxygen atoms in total. The van der Waals surface area contributed by atoms with Crippen LogP contribution in [0.3, 0.4) is 0 Å². The molecule has 0 aromatic rings. The molecular weight excluding hydrogens is 148 g/mol. The third-order valence-electron chi connectivity index (χ3n) is 2.12. The maximum absolute atomic E-state index is 9.66. The Morgan fingerprint density at radius 1 is 1.58 bits per heavy atom. The fraction of sp³-hybridized carbons (Fsp3) is 0.455. The standard InChI is InChI=1S/C11H16O/c1-4-5-10-7-8(2)6-9(3)11(10)12/h6,12H,2,4-5,7H2,1,3H3. The number of hydrogen-bond acceptors (Lipinski definition) is 1. The van der Waals surface area contributed by atoms with Crippen molar-refractivity contribution in [3.63, 3.8) is 0 Å². The molecule has 0 radical (unpaired) electrons. The third kappa shape index (κ3) is 1.79. The molecule has 1 N–H and O–H groups in total. The molecule has 0 heterocycles. The Hall–Kier alpha value is -0.980. The first-order chi connectivity index (χ1) is 5.65. The Labute approximate surface area is 74.1 Å². The lowest BCUT2D eigenvalue weighted by Gasteiger charge is -2.16. The Kier molecular flexibility index (Phi) is 2.74. The predicted molar refractivity (Wildman–Crippen MR) is 52.1 cm³/mol. The topological polar surface area (TPSA) is 20.2 Å². The fourth-order valence-electron chi connectivity index (χ4n) is 1.57. The summed E-state index contributed by atoms with van der Waals surface area (Å²) in [6, 6.07) is 0. The van der Waals surface area contributed by atoms with E-state index in [1.54, 1.807) is 0 Å². The SMILES string of the molecule is C=C1C=C(C)C(O)=C(CCC)C1. The van der Waals surface area contributed by atoms with Crippen LogP contribution in [0.1, 0.15) is 33.1 Å². The van der Waals surface area contributed by atoms with E-state index in [1.165, 1.54) is 0 Å². The van der Waals surface area contributed by atoms with Crippen molar-refractivity contribution in [2.45, 2.75) is 33.1 Å². The van der Waals surface area contributed by atoms with Gasteiger partial charge in [-0.15, -0.1) is 0 Å². The van der Waals surface area contributed by atoms with Gasteiger partial charge in [0.2, 0.25) is 0 Å². The van der Waals surface area contributed by atoms with Crippen molar-refractivity contribution in [2.24, 2.45) is 0 Å². The second kappa shape index (κ2) is 3.61. The van der Waals surface area contributed by atoms with E-state index in [1.807, 2.05) is 13.0 Å². The molecule has 12 heavy (non-hydrogen) atoms. The lowest BCUT2D eigenvalue weighted by Crippen LogP contribution is -2.00. The Balaban J connectivity index is 2.88. The Morgan fingerprint density at radius 3 is 2.83 bits per heavy atom. The van der Waals surface area contributed by atoms with Crippen LogP contribution in [0.5, 0.6) is 0 Å². The van der Waals surface area contributed by atoms with Gasteiger partial charge in [0.25, 0.3) is 0 Å². The Morgan fingerprint density at radius 2 is 2.25 bits per heavy atom. The minimum Gasteiger partial charge on any atom is -0.508 e. The molecule has 0 saturated carbocycles. The van der Waals surface area contributed by atoms with E-state index in [2.05, 4.69) is 13.5 Å². The van der Waals surface area contributed by atoms with Crippen LogP contribution in [0.4, 0.5) is 0 Å². The predicted octanol–water partition coefficient (Wildman–Crippen LogP) is 3.50. The van der Waals surface area contributed by atoms with E-state index in [0.29, 0.717) is 5.76 Å². The van der Waals surface area contributed by atoms with E-state index < -0.39 is 0 Å². The number of allylic oxidation sites excluding steroid dienone is 4. The molecule has 66 valence electrons. The lowest BCUT2D eigenvalue weighted by molar-refractivity contribution is 0.409. The second-order valence-corrected chi connectivity index (χ2v) is 3.36. The molecule has 0 atom stereocenters. The number of aliphatic hydroxyl groups excluding tert-OH is 1. The molecule has 0 amide bonds. The molecule has 0 aliphatic heterocycles. The van der Waals surface area contributed by atoms with Crippen molar-refractivity contribution >= 4 is 0 Å². The van der Waals surface area contributed by atoms with Crippen molar-refractivity contribution in [1.82, 2.24) is 0 Å². The maximum atomic E-state index is 9.66. The van der Waals surface area contributed by atoms with Gasteiger partial charge in [0, 0.05) is 0 Å². The quantitative estimate of drug-likeness (QED) is 0.662. The van der Waals surface area contributed by atoms with Gasteiger partial charge in [-0.1, -0.05) is 31.6 Å².